The molecule has 1 fully saturated rings. The van der Waals surface area contributed by atoms with Gasteiger partial charge in [0.1, 0.15) is 5.37 Å². The highest BCUT2D eigenvalue weighted by molar-refractivity contribution is 8.14. The number of nitrogens with zero attached hydrogens (tertiary/aromatic N) is 1. The van der Waals surface area contributed by atoms with Gasteiger partial charge in [0.05, 0.1) is 6.54 Å². The predicted molar refractivity (Wildman–Crippen MR) is 39.6 cm³/mol. The Morgan fingerprint density at radius 2 is 2.45 bits per heavy atom. The molecule has 0 aromatic carbocycles. The fraction of sp³-hybridized carbons (Fsp3) is 0.833. The van der Waals surface area contributed by atoms with Crippen LogP contribution in [0.15, 0.2) is 0 Å². The Morgan fingerprint density at radius 3 is 2.82 bits per heavy atom. The molecule has 1 aliphatic heterocycles. The summed E-state index contributed by atoms with van der Waals surface area (Å²) < 4.78 is 24.3. The van der Waals surface area contributed by atoms with Gasteiger partial charge in [0.2, 0.25) is 5.12 Å². The molecule has 0 N–H and O–H groups in total. The zero-order valence-electron chi connectivity index (χ0n) is 6.09. The molecule has 1 unspecified atom stereocenters. The van der Waals surface area contributed by atoms with Gasteiger partial charge in [-0.2, -0.15) is 0 Å². The van der Waals surface area contributed by atoms with E-state index in [1.165, 1.54) is 4.90 Å². The molecule has 1 atom stereocenters. The van der Waals surface area contributed by atoms with Crippen LogP contribution in [0.2, 0.25) is 0 Å². The van der Waals surface area contributed by atoms with Crippen molar-refractivity contribution in [3.8, 4) is 0 Å². The summed E-state index contributed by atoms with van der Waals surface area (Å²) in [5.74, 6) is 0. The summed E-state index contributed by atoms with van der Waals surface area (Å²) in [5, 5.41) is -1.07. The molecule has 0 aromatic rings. The quantitative estimate of drug-likeness (QED) is 0.638. The molecule has 0 aromatic heterocycles. The van der Waals surface area contributed by atoms with Crippen LogP contribution in [0.4, 0.5) is 8.78 Å². The molecule has 0 saturated carbocycles. The van der Waals surface area contributed by atoms with Crippen molar-refractivity contribution in [2.45, 2.75) is 18.7 Å². The molecule has 1 heterocycles. The first-order valence-electron chi connectivity index (χ1n) is 3.37. The molecular weight excluding hydrogens is 172 g/mol. The van der Waals surface area contributed by atoms with Crippen LogP contribution in [0.3, 0.4) is 0 Å². The van der Waals surface area contributed by atoms with E-state index in [1.54, 1.807) is 6.92 Å². The van der Waals surface area contributed by atoms with E-state index in [-0.39, 0.29) is 11.7 Å². The average molecular weight is 181 g/mol. The monoisotopic (exact) mass is 181 g/mol. The minimum Gasteiger partial charge on any atom is -0.286 e. The van der Waals surface area contributed by atoms with Crippen LogP contribution >= 0.6 is 11.8 Å². The molecule has 0 spiro atoms. The van der Waals surface area contributed by atoms with Gasteiger partial charge in [-0.1, -0.05) is 18.7 Å². The first kappa shape index (κ1) is 8.93. The van der Waals surface area contributed by atoms with E-state index in [0.717, 1.165) is 11.8 Å². The Hall–Kier alpha value is -0.160. The van der Waals surface area contributed by atoms with Crippen LogP contribution in [0.5, 0.6) is 0 Å². The molecule has 0 amide bonds. The molecule has 1 aliphatic rings. The van der Waals surface area contributed by atoms with Gasteiger partial charge in [0, 0.05) is 0 Å². The van der Waals surface area contributed by atoms with E-state index in [9.17, 15) is 13.6 Å². The predicted octanol–water partition coefficient (Wildman–Crippen LogP) is 1.17. The van der Waals surface area contributed by atoms with Gasteiger partial charge in [0.25, 0.3) is 6.43 Å². The Kier molecular flexibility index (Phi) is 2.84. The zero-order valence-corrected chi connectivity index (χ0v) is 6.91. The van der Waals surface area contributed by atoms with Crippen LogP contribution in [0, 0.1) is 0 Å². The van der Waals surface area contributed by atoms with Crippen molar-refractivity contribution >= 4 is 16.9 Å². The largest absolute Gasteiger partial charge is 0.286 e. The number of likely N-dealkylation sites (N-methyl/N-ethyl adjacent to an activating group) is 1. The number of alkyl halides is 2. The first-order valence-corrected chi connectivity index (χ1v) is 4.24. The minimum atomic E-state index is -2.42. The summed E-state index contributed by atoms with van der Waals surface area (Å²) in [6, 6.07) is 0. The molecule has 5 heteroatoms. The topological polar surface area (TPSA) is 20.3 Å². The van der Waals surface area contributed by atoms with Gasteiger partial charge >= 0.3 is 0 Å². The molecule has 0 aliphatic carbocycles. The SMILES string of the molecule is CCN1CC(=O)SC1C(F)F. The number of carbonyl (C=O) groups is 1. The van der Waals surface area contributed by atoms with Crippen molar-refractivity contribution in [3.63, 3.8) is 0 Å². The van der Waals surface area contributed by atoms with Crippen LogP contribution in [-0.4, -0.2) is 34.9 Å². The third-order valence-corrected chi connectivity index (χ3v) is 2.70. The number of thioether (sulfide) groups is 1. The van der Waals surface area contributed by atoms with Crippen LogP contribution in [0.25, 0.3) is 0 Å². The summed E-state index contributed by atoms with van der Waals surface area (Å²) in [5.41, 5.74) is 0. The summed E-state index contributed by atoms with van der Waals surface area (Å²) in [6.07, 6.45) is -2.42. The lowest BCUT2D eigenvalue weighted by Gasteiger charge is -2.18. The second-order valence-corrected chi connectivity index (χ2v) is 3.45. The highest BCUT2D eigenvalue weighted by atomic mass is 32.2. The maximum atomic E-state index is 12.1. The van der Waals surface area contributed by atoms with E-state index < -0.39 is 11.8 Å². The number of hydrogen-bond donors (Lipinski definition) is 0. The number of rotatable bonds is 2. The van der Waals surface area contributed by atoms with E-state index in [2.05, 4.69) is 0 Å². The van der Waals surface area contributed by atoms with Gasteiger partial charge in [0.15, 0.2) is 0 Å². The standard InChI is InChI=1S/C6H9F2NOS/c1-2-9-3-4(10)11-6(9)5(7)8/h5-6H,2-3H2,1H3. The van der Waals surface area contributed by atoms with Crippen molar-refractivity contribution < 1.29 is 13.6 Å². The third-order valence-electron chi connectivity index (χ3n) is 1.57. The van der Waals surface area contributed by atoms with Crippen LogP contribution in [-0.2, 0) is 4.79 Å². The molecule has 11 heavy (non-hydrogen) atoms. The Bertz CT molecular complexity index is 165. The highest BCUT2D eigenvalue weighted by Crippen LogP contribution is 2.29. The molecule has 64 valence electrons. The minimum absolute atomic E-state index is 0.155. The Balaban J connectivity index is 2.57. The van der Waals surface area contributed by atoms with Gasteiger partial charge in [-0.15, -0.1) is 0 Å². The number of hydrogen-bond acceptors (Lipinski definition) is 3. The second kappa shape index (κ2) is 3.49. The average Bonchev–Trinajstić information content (AvgIpc) is 2.30. The summed E-state index contributed by atoms with van der Waals surface area (Å²) >= 11 is 0.743. The van der Waals surface area contributed by atoms with Crippen LogP contribution in [0.1, 0.15) is 6.92 Å². The van der Waals surface area contributed by atoms with Crippen LogP contribution < -0.4 is 0 Å². The highest BCUT2D eigenvalue weighted by Gasteiger charge is 2.36. The van der Waals surface area contributed by atoms with Crippen molar-refractivity contribution in [2.24, 2.45) is 0 Å². The number of carbonyl (C=O) groups excluding carboxylic acids is 1. The van der Waals surface area contributed by atoms with Crippen molar-refractivity contribution in [1.82, 2.24) is 4.90 Å². The Labute approximate surface area is 67.9 Å². The molecule has 2 nitrogen and oxygen atoms in total. The summed E-state index contributed by atoms with van der Waals surface area (Å²) in [7, 11) is 0. The van der Waals surface area contributed by atoms with Crippen molar-refractivity contribution in [2.75, 3.05) is 13.1 Å². The third kappa shape index (κ3) is 1.90. The fourth-order valence-corrected chi connectivity index (χ4v) is 1.99. The lowest BCUT2D eigenvalue weighted by molar-refractivity contribution is -0.111. The summed E-state index contributed by atoms with van der Waals surface area (Å²) in [6.45, 7) is 2.44. The van der Waals surface area contributed by atoms with Gasteiger partial charge in [-0.05, 0) is 6.54 Å². The molecule has 1 saturated heterocycles. The lowest BCUT2D eigenvalue weighted by atomic mass is 10.5. The second-order valence-electron chi connectivity index (χ2n) is 2.28. The maximum absolute atomic E-state index is 12.1. The van der Waals surface area contributed by atoms with E-state index in [4.69, 9.17) is 0 Å². The fourth-order valence-electron chi connectivity index (χ4n) is 1.00. The lowest BCUT2D eigenvalue weighted by Crippen LogP contribution is -2.33. The van der Waals surface area contributed by atoms with Gasteiger partial charge < -0.3 is 0 Å². The zero-order chi connectivity index (χ0) is 8.43. The summed E-state index contributed by atoms with van der Waals surface area (Å²) in [4.78, 5) is 12.2. The van der Waals surface area contributed by atoms with Gasteiger partial charge in [-0.3, -0.25) is 9.69 Å². The molecule has 0 radical (unpaired) electrons. The van der Waals surface area contributed by atoms with Crippen molar-refractivity contribution in [1.29, 1.82) is 0 Å². The van der Waals surface area contributed by atoms with Gasteiger partial charge in [-0.25, -0.2) is 8.78 Å². The van der Waals surface area contributed by atoms with E-state index >= 15 is 0 Å². The first-order chi connectivity index (χ1) is 5.15. The smallest absolute Gasteiger partial charge is 0.263 e. The van der Waals surface area contributed by atoms with E-state index in [1.807, 2.05) is 0 Å². The number of halogens is 2. The normalized spacial score (nSPS) is 26.9. The molecule has 0 bridgehead atoms. The molecular formula is C6H9F2NOS. The Morgan fingerprint density at radius 1 is 1.82 bits per heavy atom. The maximum Gasteiger partial charge on any atom is 0.263 e. The van der Waals surface area contributed by atoms with Crippen molar-refractivity contribution in [3.05, 3.63) is 0 Å². The molecule has 1 rings (SSSR count). The van der Waals surface area contributed by atoms with E-state index in [0.29, 0.717) is 6.54 Å².